The second kappa shape index (κ2) is 5.25. The lowest BCUT2D eigenvalue weighted by atomic mass is 10.1. The normalized spacial score (nSPS) is 10.5. The zero-order valence-electron chi connectivity index (χ0n) is 11.4. The molecule has 0 unspecified atom stereocenters. The van der Waals surface area contributed by atoms with Crippen molar-refractivity contribution < 1.29 is 14.6 Å². The van der Waals surface area contributed by atoms with Gasteiger partial charge in [0.1, 0.15) is 11.3 Å². The van der Waals surface area contributed by atoms with Crippen molar-refractivity contribution in [1.82, 2.24) is 4.98 Å². The highest BCUT2D eigenvalue weighted by Gasteiger charge is 2.13. The fourth-order valence-electron chi connectivity index (χ4n) is 2.14. The van der Waals surface area contributed by atoms with Crippen molar-refractivity contribution in [3.63, 3.8) is 0 Å². The van der Waals surface area contributed by atoms with Crippen LogP contribution in [0.1, 0.15) is 15.9 Å². The molecule has 3 rings (SSSR count). The lowest BCUT2D eigenvalue weighted by Gasteiger charge is -2.10. The molecule has 0 amide bonds. The predicted molar refractivity (Wildman–Crippen MR) is 80.0 cm³/mol. The standard InChI is InChI=1S/C17H13NO3/c1-11-10-12-6-2-4-8-14(12)18-16(11)21-15-9-5-3-7-13(15)17(19)20/h2-10H,1H3,(H,19,20). The van der Waals surface area contributed by atoms with Gasteiger partial charge in [-0.2, -0.15) is 0 Å². The third kappa shape index (κ3) is 2.56. The lowest BCUT2D eigenvalue weighted by molar-refractivity contribution is 0.0694. The van der Waals surface area contributed by atoms with Crippen molar-refractivity contribution in [1.29, 1.82) is 0 Å². The molecule has 1 N–H and O–H groups in total. The van der Waals surface area contributed by atoms with Crippen LogP contribution in [-0.4, -0.2) is 16.1 Å². The predicted octanol–water partition coefficient (Wildman–Crippen LogP) is 4.03. The summed E-state index contributed by atoms with van der Waals surface area (Å²) in [6.07, 6.45) is 0. The Morgan fingerprint density at radius 1 is 1.10 bits per heavy atom. The Hall–Kier alpha value is -2.88. The fourth-order valence-corrected chi connectivity index (χ4v) is 2.14. The number of aromatic nitrogens is 1. The summed E-state index contributed by atoms with van der Waals surface area (Å²) in [7, 11) is 0. The van der Waals surface area contributed by atoms with Gasteiger partial charge in [0.05, 0.1) is 5.52 Å². The van der Waals surface area contributed by atoms with Gasteiger partial charge in [0.15, 0.2) is 0 Å². The molecular formula is C17H13NO3. The number of benzene rings is 2. The van der Waals surface area contributed by atoms with Gasteiger partial charge in [-0.3, -0.25) is 0 Å². The zero-order chi connectivity index (χ0) is 14.8. The molecule has 0 bridgehead atoms. The smallest absolute Gasteiger partial charge is 0.339 e. The average Bonchev–Trinajstić information content (AvgIpc) is 2.48. The molecule has 0 aliphatic rings. The number of rotatable bonds is 3. The van der Waals surface area contributed by atoms with E-state index < -0.39 is 5.97 Å². The number of carbonyl (C=O) groups is 1. The van der Waals surface area contributed by atoms with Crippen molar-refractivity contribution in [2.45, 2.75) is 6.92 Å². The number of carboxylic acid groups (broad SMARTS) is 1. The van der Waals surface area contributed by atoms with E-state index in [9.17, 15) is 9.90 Å². The van der Waals surface area contributed by atoms with Crippen LogP contribution in [0.2, 0.25) is 0 Å². The SMILES string of the molecule is Cc1cc2ccccc2nc1Oc1ccccc1C(=O)O. The third-order valence-corrected chi connectivity index (χ3v) is 3.19. The number of nitrogens with zero attached hydrogens (tertiary/aromatic N) is 1. The number of hydrogen-bond donors (Lipinski definition) is 1. The van der Waals surface area contributed by atoms with Gasteiger partial charge in [-0.1, -0.05) is 30.3 Å². The van der Waals surface area contributed by atoms with Crippen LogP contribution in [0.25, 0.3) is 10.9 Å². The third-order valence-electron chi connectivity index (χ3n) is 3.19. The fraction of sp³-hybridized carbons (Fsp3) is 0.0588. The molecular weight excluding hydrogens is 266 g/mol. The van der Waals surface area contributed by atoms with Crippen LogP contribution < -0.4 is 4.74 Å². The Morgan fingerprint density at radius 3 is 2.62 bits per heavy atom. The molecule has 1 heterocycles. The molecule has 3 aromatic rings. The van der Waals surface area contributed by atoms with Gasteiger partial charge in [-0.25, -0.2) is 9.78 Å². The highest BCUT2D eigenvalue weighted by Crippen LogP contribution is 2.28. The minimum absolute atomic E-state index is 0.117. The van der Waals surface area contributed by atoms with Gasteiger partial charge in [0.2, 0.25) is 5.88 Å². The van der Waals surface area contributed by atoms with Crippen molar-refractivity contribution >= 4 is 16.9 Å². The summed E-state index contributed by atoms with van der Waals surface area (Å²) < 4.78 is 5.72. The summed E-state index contributed by atoms with van der Waals surface area (Å²) in [5.74, 6) is -0.317. The van der Waals surface area contributed by atoms with Crippen molar-refractivity contribution in [3.8, 4) is 11.6 Å². The van der Waals surface area contributed by atoms with Crippen LogP contribution in [0.15, 0.2) is 54.6 Å². The maximum Gasteiger partial charge on any atom is 0.339 e. The van der Waals surface area contributed by atoms with E-state index in [1.165, 1.54) is 6.07 Å². The summed E-state index contributed by atoms with van der Waals surface area (Å²) >= 11 is 0. The zero-order valence-corrected chi connectivity index (χ0v) is 11.4. The largest absolute Gasteiger partial charge is 0.478 e. The topological polar surface area (TPSA) is 59.4 Å². The molecule has 0 fully saturated rings. The minimum Gasteiger partial charge on any atom is -0.478 e. The molecule has 2 aromatic carbocycles. The van der Waals surface area contributed by atoms with Gasteiger partial charge < -0.3 is 9.84 Å². The highest BCUT2D eigenvalue weighted by atomic mass is 16.5. The van der Waals surface area contributed by atoms with E-state index in [1.54, 1.807) is 18.2 Å². The van der Waals surface area contributed by atoms with Crippen LogP contribution >= 0.6 is 0 Å². The molecule has 0 saturated carbocycles. The molecule has 4 nitrogen and oxygen atoms in total. The Labute approximate surface area is 121 Å². The van der Waals surface area contributed by atoms with E-state index in [2.05, 4.69) is 4.98 Å². The summed E-state index contributed by atoms with van der Waals surface area (Å²) in [6.45, 7) is 1.89. The monoisotopic (exact) mass is 279 g/mol. The first-order valence-electron chi connectivity index (χ1n) is 6.52. The Bertz CT molecular complexity index is 827. The van der Waals surface area contributed by atoms with Gasteiger partial charge in [0.25, 0.3) is 0 Å². The highest BCUT2D eigenvalue weighted by molar-refractivity contribution is 5.91. The number of hydrogen-bond acceptors (Lipinski definition) is 3. The molecule has 1 aromatic heterocycles. The first-order chi connectivity index (χ1) is 10.1. The minimum atomic E-state index is -1.02. The summed E-state index contributed by atoms with van der Waals surface area (Å²) in [5.41, 5.74) is 1.78. The van der Waals surface area contributed by atoms with E-state index in [4.69, 9.17) is 4.74 Å². The number of pyridine rings is 1. The average molecular weight is 279 g/mol. The van der Waals surface area contributed by atoms with Gasteiger partial charge in [-0.05, 0) is 31.2 Å². The van der Waals surface area contributed by atoms with E-state index in [0.717, 1.165) is 16.5 Å². The molecule has 0 aliphatic carbocycles. The lowest BCUT2D eigenvalue weighted by Crippen LogP contribution is -2.01. The van der Waals surface area contributed by atoms with Crippen LogP contribution in [0.4, 0.5) is 0 Å². The molecule has 0 saturated heterocycles. The molecule has 0 spiro atoms. The Balaban J connectivity index is 2.06. The number of aryl methyl sites for hydroxylation is 1. The molecule has 21 heavy (non-hydrogen) atoms. The maximum atomic E-state index is 11.2. The van der Waals surface area contributed by atoms with Crippen molar-refractivity contribution in [2.24, 2.45) is 0 Å². The first kappa shape index (κ1) is 13.1. The molecule has 0 radical (unpaired) electrons. The summed E-state index contributed by atoms with van der Waals surface area (Å²) in [5, 5.41) is 10.2. The van der Waals surface area contributed by atoms with Crippen molar-refractivity contribution in [2.75, 3.05) is 0 Å². The maximum absolute atomic E-state index is 11.2. The number of aromatic carboxylic acids is 1. The number of para-hydroxylation sites is 2. The second-order valence-corrected chi connectivity index (χ2v) is 4.71. The summed E-state index contributed by atoms with van der Waals surface area (Å²) in [6, 6.07) is 16.2. The molecule has 0 atom stereocenters. The van der Waals surface area contributed by atoms with Gasteiger partial charge in [-0.15, -0.1) is 0 Å². The van der Waals surface area contributed by atoms with Crippen LogP contribution in [-0.2, 0) is 0 Å². The van der Waals surface area contributed by atoms with E-state index >= 15 is 0 Å². The molecule has 4 heteroatoms. The van der Waals surface area contributed by atoms with Gasteiger partial charge in [0, 0.05) is 10.9 Å². The Kier molecular flexibility index (Phi) is 3.28. The molecule has 0 aliphatic heterocycles. The van der Waals surface area contributed by atoms with E-state index in [0.29, 0.717) is 5.88 Å². The van der Waals surface area contributed by atoms with Crippen molar-refractivity contribution in [3.05, 3.63) is 65.7 Å². The van der Waals surface area contributed by atoms with Gasteiger partial charge >= 0.3 is 5.97 Å². The molecule has 104 valence electrons. The number of ether oxygens (including phenoxy) is 1. The first-order valence-corrected chi connectivity index (χ1v) is 6.52. The number of fused-ring (bicyclic) bond motifs is 1. The van der Waals surface area contributed by atoms with Crippen LogP contribution in [0.3, 0.4) is 0 Å². The van der Waals surface area contributed by atoms with E-state index in [1.807, 2.05) is 37.3 Å². The number of carboxylic acids is 1. The second-order valence-electron chi connectivity index (χ2n) is 4.71. The Morgan fingerprint density at radius 2 is 1.81 bits per heavy atom. The van der Waals surface area contributed by atoms with Crippen LogP contribution in [0.5, 0.6) is 11.6 Å². The summed E-state index contributed by atoms with van der Waals surface area (Å²) in [4.78, 5) is 15.7. The van der Waals surface area contributed by atoms with E-state index in [-0.39, 0.29) is 11.3 Å². The van der Waals surface area contributed by atoms with Crippen LogP contribution in [0, 0.1) is 6.92 Å². The quantitative estimate of drug-likeness (QED) is 0.786.